The molecule has 2 aliphatic heterocycles. The first kappa shape index (κ1) is 19.6. The van der Waals surface area contributed by atoms with Gasteiger partial charge in [0.1, 0.15) is 0 Å². The molecule has 2 aliphatic rings. The van der Waals surface area contributed by atoms with E-state index in [1.54, 1.807) is 12.4 Å². The van der Waals surface area contributed by atoms with Crippen LogP contribution in [0, 0.1) is 0 Å². The first-order chi connectivity index (χ1) is 13.2. The summed E-state index contributed by atoms with van der Waals surface area (Å²) in [6.45, 7) is 7.28. The van der Waals surface area contributed by atoms with Crippen molar-refractivity contribution in [2.45, 2.75) is 38.6 Å². The molecular formula is C20H30N4O3. The van der Waals surface area contributed by atoms with Gasteiger partial charge in [0.25, 0.3) is 0 Å². The molecule has 0 unspecified atom stereocenters. The Hall–Kier alpha value is -2.15. The summed E-state index contributed by atoms with van der Waals surface area (Å²) in [7, 11) is 0. The first-order valence-corrected chi connectivity index (χ1v) is 9.99. The third-order valence-electron chi connectivity index (χ3n) is 5.47. The molecule has 1 aromatic rings. The van der Waals surface area contributed by atoms with Crippen LogP contribution in [0.15, 0.2) is 24.5 Å². The monoisotopic (exact) mass is 374 g/mol. The normalized spacial score (nSPS) is 19.6. The van der Waals surface area contributed by atoms with Gasteiger partial charge in [0, 0.05) is 57.7 Å². The molecule has 3 rings (SSSR count). The topological polar surface area (TPSA) is 66.0 Å². The van der Waals surface area contributed by atoms with E-state index in [1.807, 2.05) is 28.9 Å². The minimum Gasteiger partial charge on any atom is -0.450 e. The van der Waals surface area contributed by atoms with Crippen molar-refractivity contribution in [3.63, 3.8) is 0 Å². The number of rotatable bonds is 4. The van der Waals surface area contributed by atoms with Crippen molar-refractivity contribution in [2.24, 2.45) is 0 Å². The lowest BCUT2D eigenvalue weighted by molar-refractivity contribution is -0.130. The average molecular weight is 374 g/mol. The molecule has 0 radical (unpaired) electrons. The molecule has 148 valence electrons. The Balaban J connectivity index is 1.46. The van der Waals surface area contributed by atoms with Crippen molar-refractivity contribution in [2.75, 3.05) is 45.9 Å². The van der Waals surface area contributed by atoms with E-state index in [2.05, 4.69) is 9.88 Å². The number of hydrogen-bond acceptors (Lipinski definition) is 5. The Kier molecular flexibility index (Phi) is 7.04. The van der Waals surface area contributed by atoms with Crippen LogP contribution in [0.2, 0.25) is 0 Å². The SMILES string of the molecule is CCOC(=O)N1CCC(N2CCCN(C(=O)Cc3cccnc3)CC2)CC1. The number of hydrogen-bond donors (Lipinski definition) is 0. The number of carbonyl (C=O) groups is 2. The van der Waals surface area contributed by atoms with Crippen LogP contribution in [0.3, 0.4) is 0 Å². The molecular weight excluding hydrogens is 344 g/mol. The van der Waals surface area contributed by atoms with Gasteiger partial charge in [0.05, 0.1) is 13.0 Å². The Morgan fingerprint density at radius 2 is 1.93 bits per heavy atom. The Bertz CT molecular complexity index is 617. The molecule has 7 nitrogen and oxygen atoms in total. The lowest BCUT2D eigenvalue weighted by Crippen LogP contribution is -2.48. The van der Waals surface area contributed by atoms with Crippen LogP contribution in [0.1, 0.15) is 31.7 Å². The fraction of sp³-hybridized carbons (Fsp3) is 0.650. The van der Waals surface area contributed by atoms with Gasteiger partial charge in [0.2, 0.25) is 5.91 Å². The van der Waals surface area contributed by atoms with Gasteiger partial charge in [-0.15, -0.1) is 0 Å². The highest BCUT2D eigenvalue weighted by Gasteiger charge is 2.29. The highest BCUT2D eigenvalue weighted by molar-refractivity contribution is 5.78. The summed E-state index contributed by atoms with van der Waals surface area (Å²) in [5.74, 6) is 0.182. The Morgan fingerprint density at radius 3 is 2.63 bits per heavy atom. The molecule has 3 heterocycles. The van der Waals surface area contributed by atoms with E-state index < -0.39 is 0 Å². The number of ether oxygens (including phenoxy) is 1. The summed E-state index contributed by atoms with van der Waals surface area (Å²) in [4.78, 5) is 34.8. The van der Waals surface area contributed by atoms with Crippen LogP contribution in [-0.2, 0) is 16.0 Å². The van der Waals surface area contributed by atoms with Crippen molar-refractivity contribution >= 4 is 12.0 Å². The van der Waals surface area contributed by atoms with Gasteiger partial charge in [-0.2, -0.15) is 0 Å². The van der Waals surface area contributed by atoms with Gasteiger partial charge >= 0.3 is 6.09 Å². The predicted molar refractivity (Wildman–Crippen MR) is 102 cm³/mol. The Morgan fingerprint density at radius 1 is 1.11 bits per heavy atom. The van der Waals surface area contributed by atoms with Gasteiger partial charge < -0.3 is 14.5 Å². The summed E-state index contributed by atoms with van der Waals surface area (Å²) in [6.07, 6.45) is 6.66. The van der Waals surface area contributed by atoms with Gasteiger partial charge in [-0.05, 0) is 37.8 Å². The molecule has 0 atom stereocenters. The first-order valence-electron chi connectivity index (χ1n) is 9.99. The van der Waals surface area contributed by atoms with Crippen LogP contribution in [0.25, 0.3) is 0 Å². The third-order valence-corrected chi connectivity index (χ3v) is 5.47. The van der Waals surface area contributed by atoms with E-state index in [1.165, 1.54) is 0 Å². The van der Waals surface area contributed by atoms with Crippen molar-refractivity contribution in [3.05, 3.63) is 30.1 Å². The number of likely N-dealkylation sites (tertiary alicyclic amines) is 1. The molecule has 0 bridgehead atoms. The van der Waals surface area contributed by atoms with E-state index in [0.29, 0.717) is 19.1 Å². The van der Waals surface area contributed by atoms with E-state index in [0.717, 1.165) is 64.1 Å². The summed E-state index contributed by atoms with van der Waals surface area (Å²) >= 11 is 0. The van der Waals surface area contributed by atoms with Gasteiger partial charge in [0.15, 0.2) is 0 Å². The number of piperidine rings is 1. The molecule has 7 heteroatoms. The summed E-state index contributed by atoms with van der Waals surface area (Å²) in [5, 5.41) is 0. The number of nitrogens with zero attached hydrogens (tertiary/aromatic N) is 4. The van der Waals surface area contributed by atoms with Crippen LogP contribution in [0.4, 0.5) is 4.79 Å². The number of amides is 2. The van der Waals surface area contributed by atoms with Crippen LogP contribution < -0.4 is 0 Å². The third kappa shape index (κ3) is 5.42. The van der Waals surface area contributed by atoms with Crippen LogP contribution in [-0.4, -0.2) is 83.6 Å². The highest BCUT2D eigenvalue weighted by atomic mass is 16.6. The number of carbonyl (C=O) groups excluding carboxylic acids is 2. The van der Waals surface area contributed by atoms with Crippen LogP contribution in [0.5, 0.6) is 0 Å². The predicted octanol–water partition coefficient (Wildman–Crippen LogP) is 1.78. The van der Waals surface area contributed by atoms with Gasteiger partial charge in [-0.25, -0.2) is 4.79 Å². The van der Waals surface area contributed by atoms with Gasteiger partial charge in [-0.1, -0.05) is 6.07 Å². The smallest absolute Gasteiger partial charge is 0.409 e. The van der Waals surface area contributed by atoms with Crippen LogP contribution >= 0.6 is 0 Å². The second kappa shape index (κ2) is 9.69. The minimum atomic E-state index is -0.195. The number of aromatic nitrogens is 1. The molecule has 2 saturated heterocycles. The second-order valence-electron chi connectivity index (χ2n) is 7.23. The van der Waals surface area contributed by atoms with Crippen molar-refractivity contribution in [3.8, 4) is 0 Å². The molecule has 0 aromatic carbocycles. The maximum absolute atomic E-state index is 12.6. The minimum absolute atomic E-state index is 0.182. The van der Waals surface area contributed by atoms with E-state index in [4.69, 9.17) is 4.74 Å². The fourth-order valence-corrected chi connectivity index (χ4v) is 3.97. The summed E-state index contributed by atoms with van der Waals surface area (Å²) < 4.78 is 5.10. The zero-order valence-electron chi connectivity index (χ0n) is 16.2. The molecule has 0 aliphatic carbocycles. The van der Waals surface area contributed by atoms with E-state index >= 15 is 0 Å². The molecule has 0 N–H and O–H groups in total. The standard InChI is InChI=1S/C20H30N4O3/c1-2-27-20(26)24-11-6-18(7-12-24)22-9-4-10-23(14-13-22)19(25)15-17-5-3-8-21-16-17/h3,5,8,16,18H,2,4,6-7,9-15H2,1H3. The zero-order chi connectivity index (χ0) is 19.1. The van der Waals surface area contributed by atoms with E-state index in [-0.39, 0.29) is 12.0 Å². The molecule has 0 spiro atoms. The largest absolute Gasteiger partial charge is 0.450 e. The molecule has 0 saturated carbocycles. The maximum atomic E-state index is 12.6. The fourth-order valence-electron chi connectivity index (χ4n) is 3.97. The zero-order valence-corrected chi connectivity index (χ0v) is 16.2. The Labute approximate surface area is 161 Å². The quantitative estimate of drug-likeness (QED) is 0.804. The maximum Gasteiger partial charge on any atom is 0.409 e. The van der Waals surface area contributed by atoms with Crippen molar-refractivity contribution in [1.82, 2.24) is 19.7 Å². The molecule has 2 amide bonds. The van der Waals surface area contributed by atoms with Crippen molar-refractivity contribution < 1.29 is 14.3 Å². The molecule has 2 fully saturated rings. The summed E-state index contributed by atoms with van der Waals surface area (Å²) in [6, 6.07) is 4.31. The highest BCUT2D eigenvalue weighted by Crippen LogP contribution is 2.19. The van der Waals surface area contributed by atoms with E-state index in [9.17, 15) is 9.59 Å². The second-order valence-corrected chi connectivity index (χ2v) is 7.23. The van der Waals surface area contributed by atoms with Crippen molar-refractivity contribution in [1.29, 1.82) is 0 Å². The summed E-state index contributed by atoms with van der Waals surface area (Å²) in [5.41, 5.74) is 0.968. The van der Waals surface area contributed by atoms with Gasteiger partial charge in [-0.3, -0.25) is 14.7 Å². The number of pyridine rings is 1. The lowest BCUT2D eigenvalue weighted by Gasteiger charge is -2.37. The average Bonchev–Trinajstić information content (AvgIpc) is 2.95. The molecule has 1 aromatic heterocycles. The lowest BCUT2D eigenvalue weighted by atomic mass is 10.0. The molecule has 27 heavy (non-hydrogen) atoms.